The number of nitrogens with zero attached hydrogens (tertiary/aromatic N) is 4. The predicted octanol–water partition coefficient (Wildman–Crippen LogP) is 4.85. The lowest BCUT2D eigenvalue weighted by molar-refractivity contribution is 0.463. The highest BCUT2D eigenvalue weighted by Crippen LogP contribution is 2.32. The largest absolute Gasteiger partial charge is 0.348 e. The van der Waals surface area contributed by atoms with Gasteiger partial charge in [-0.05, 0) is 31.0 Å². The third-order valence-corrected chi connectivity index (χ3v) is 6.48. The molecule has 1 N–H and O–H groups in total. The standard InChI is InChI=1S/C26H25N5/c1-2-8-19(9-3-1)25-21-10-4-7-13-24(21)31(18-27-25)20-14-16-30(17-15-20)26-28-22-11-5-6-12-23(22)29-26/h1-13,20H,14-18H2,(H,28,29). The molecular weight excluding hydrogens is 382 g/mol. The molecule has 0 spiro atoms. The Morgan fingerprint density at radius 3 is 2.39 bits per heavy atom. The van der Waals surface area contributed by atoms with Crippen molar-refractivity contribution in [3.8, 4) is 0 Å². The number of aromatic nitrogens is 2. The Kier molecular flexibility index (Phi) is 4.45. The summed E-state index contributed by atoms with van der Waals surface area (Å²) in [5, 5.41) is 0. The van der Waals surface area contributed by atoms with Gasteiger partial charge in [-0.25, -0.2) is 4.98 Å². The van der Waals surface area contributed by atoms with Gasteiger partial charge in [0.15, 0.2) is 0 Å². The molecule has 5 nitrogen and oxygen atoms in total. The van der Waals surface area contributed by atoms with Crippen LogP contribution >= 0.6 is 0 Å². The smallest absolute Gasteiger partial charge is 0.203 e. The third-order valence-electron chi connectivity index (χ3n) is 6.48. The number of nitrogens with one attached hydrogen (secondary N) is 1. The maximum absolute atomic E-state index is 5.01. The lowest BCUT2D eigenvalue weighted by Gasteiger charge is -2.41. The van der Waals surface area contributed by atoms with Crippen molar-refractivity contribution in [3.05, 3.63) is 90.0 Å². The molecular formula is C26H25N5. The number of benzene rings is 3. The molecule has 31 heavy (non-hydrogen) atoms. The van der Waals surface area contributed by atoms with Crippen molar-refractivity contribution in [2.24, 2.45) is 4.99 Å². The van der Waals surface area contributed by atoms with Gasteiger partial charge in [0.05, 0.1) is 16.7 Å². The van der Waals surface area contributed by atoms with E-state index in [2.05, 4.69) is 87.6 Å². The number of para-hydroxylation sites is 3. The van der Waals surface area contributed by atoms with Crippen LogP contribution in [0.5, 0.6) is 0 Å². The first-order valence-corrected chi connectivity index (χ1v) is 11.0. The molecule has 2 aliphatic rings. The Labute approximate surface area is 182 Å². The zero-order chi connectivity index (χ0) is 20.6. The van der Waals surface area contributed by atoms with Crippen LogP contribution in [-0.2, 0) is 0 Å². The Morgan fingerprint density at radius 2 is 1.55 bits per heavy atom. The summed E-state index contributed by atoms with van der Waals surface area (Å²) in [6.07, 6.45) is 2.20. The highest BCUT2D eigenvalue weighted by atomic mass is 15.3. The van der Waals surface area contributed by atoms with Gasteiger partial charge in [-0.15, -0.1) is 0 Å². The minimum absolute atomic E-state index is 0.489. The minimum Gasteiger partial charge on any atom is -0.348 e. The van der Waals surface area contributed by atoms with Gasteiger partial charge in [0.2, 0.25) is 5.95 Å². The first kappa shape index (κ1) is 18.2. The van der Waals surface area contributed by atoms with Crippen LogP contribution in [0.2, 0.25) is 0 Å². The Bertz CT molecular complexity index is 1200. The fraction of sp³-hybridized carbons (Fsp3) is 0.231. The van der Waals surface area contributed by atoms with Crippen LogP contribution in [0.3, 0.4) is 0 Å². The van der Waals surface area contributed by atoms with Crippen molar-refractivity contribution in [2.45, 2.75) is 18.9 Å². The summed E-state index contributed by atoms with van der Waals surface area (Å²) >= 11 is 0. The number of rotatable bonds is 3. The normalized spacial score (nSPS) is 17.0. The second kappa shape index (κ2) is 7.58. The van der Waals surface area contributed by atoms with Crippen LogP contribution in [0.15, 0.2) is 83.9 Å². The fourth-order valence-electron chi connectivity index (χ4n) is 4.87. The molecule has 1 aromatic heterocycles. The first-order chi connectivity index (χ1) is 15.4. The van der Waals surface area contributed by atoms with E-state index < -0.39 is 0 Å². The molecule has 5 heteroatoms. The molecule has 0 saturated carbocycles. The zero-order valence-electron chi connectivity index (χ0n) is 17.4. The Hall–Kier alpha value is -3.60. The molecule has 1 fully saturated rings. The van der Waals surface area contributed by atoms with Crippen LogP contribution in [-0.4, -0.2) is 41.5 Å². The lowest BCUT2D eigenvalue weighted by Crippen LogP contribution is -2.47. The number of aromatic amines is 1. The van der Waals surface area contributed by atoms with E-state index >= 15 is 0 Å². The number of aliphatic imine (C=N–C) groups is 1. The van der Waals surface area contributed by atoms with Gasteiger partial charge in [-0.1, -0.05) is 60.7 Å². The number of imidazole rings is 1. The highest BCUT2D eigenvalue weighted by Gasteiger charge is 2.30. The molecule has 3 aromatic carbocycles. The molecule has 4 aromatic rings. The van der Waals surface area contributed by atoms with E-state index in [0.717, 1.165) is 55.3 Å². The van der Waals surface area contributed by atoms with Crippen molar-refractivity contribution < 1.29 is 0 Å². The molecule has 0 amide bonds. The van der Waals surface area contributed by atoms with Crippen LogP contribution in [0.25, 0.3) is 11.0 Å². The van der Waals surface area contributed by atoms with Gasteiger partial charge in [0, 0.05) is 35.9 Å². The van der Waals surface area contributed by atoms with Gasteiger partial charge in [0.1, 0.15) is 6.67 Å². The fourth-order valence-corrected chi connectivity index (χ4v) is 4.87. The van der Waals surface area contributed by atoms with Crippen molar-refractivity contribution in [1.82, 2.24) is 9.97 Å². The van der Waals surface area contributed by atoms with Crippen LogP contribution < -0.4 is 9.80 Å². The third kappa shape index (κ3) is 3.26. The highest BCUT2D eigenvalue weighted by molar-refractivity contribution is 6.16. The first-order valence-electron chi connectivity index (χ1n) is 11.0. The summed E-state index contributed by atoms with van der Waals surface area (Å²) in [5.41, 5.74) is 6.97. The van der Waals surface area contributed by atoms with Crippen LogP contribution in [0.1, 0.15) is 24.0 Å². The Morgan fingerprint density at radius 1 is 0.806 bits per heavy atom. The quantitative estimate of drug-likeness (QED) is 0.528. The number of anilines is 2. The number of piperidine rings is 1. The maximum atomic E-state index is 5.01. The molecule has 154 valence electrons. The molecule has 0 atom stereocenters. The van der Waals surface area contributed by atoms with E-state index in [9.17, 15) is 0 Å². The molecule has 0 unspecified atom stereocenters. The lowest BCUT2D eigenvalue weighted by atomic mass is 9.96. The summed E-state index contributed by atoms with van der Waals surface area (Å²) in [7, 11) is 0. The maximum Gasteiger partial charge on any atom is 0.203 e. The topological polar surface area (TPSA) is 47.5 Å². The van der Waals surface area contributed by atoms with Gasteiger partial charge in [-0.2, -0.15) is 0 Å². The van der Waals surface area contributed by atoms with Gasteiger partial charge in [0.25, 0.3) is 0 Å². The summed E-state index contributed by atoms with van der Waals surface area (Å²) in [6, 6.07) is 28.0. The van der Waals surface area contributed by atoms with Gasteiger partial charge >= 0.3 is 0 Å². The van der Waals surface area contributed by atoms with E-state index in [1.54, 1.807) is 0 Å². The molecule has 0 radical (unpaired) electrons. The van der Waals surface area contributed by atoms with E-state index in [1.807, 2.05) is 6.07 Å². The second-order valence-electron chi connectivity index (χ2n) is 8.30. The average molecular weight is 408 g/mol. The SMILES string of the molecule is c1ccc(C2=NCN(C3CCN(c4nc5ccccc5[nH]4)CC3)c3ccccc32)cc1. The van der Waals surface area contributed by atoms with Crippen LogP contribution in [0.4, 0.5) is 11.6 Å². The van der Waals surface area contributed by atoms with E-state index in [1.165, 1.54) is 16.8 Å². The van der Waals surface area contributed by atoms with Crippen molar-refractivity contribution >= 4 is 28.4 Å². The molecule has 0 aliphatic carbocycles. The number of hydrogen-bond acceptors (Lipinski definition) is 4. The van der Waals surface area contributed by atoms with Gasteiger partial charge < -0.3 is 14.8 Å². The summed E-state index contributed by atoms with van der Waals surface area (Å²) in [5.74, 6) is 0.989. The second-order valence-corrected chi connectivity index (χ2v) is 8.30. The molecule has 1 saturated heterocycles. The summed E-state index contributed by atoms with van der Waals surface area (Å²) < 4.78 is 0. The van der Waals surface area contributed by atoms with Gasteiger partial charge in [-0.3, -0.25) is 4.99 Å². The number of H-pyrrole nitrogens is 1. The Balaban J connectivity index is 1.22. The van der Waals surface area contributed by atoms with Crippen LogP contribution in [0, 0.1) is 0 Å². The molecule has 3 heterocycles. The predicted molar refractivity (Wildman–Crippen MR) is 127 cm³/mol. The van der Waals surface area contributed by atoms with E-state index in [0.29, 0.717) is 6.04 Å². The number of fused-ring (bicyclic) bond motifs is 2. The average Bonchev–Trinajstić information content (AvgIpc) is 3.28. The van der Waals surface area contributed by atoms with Crippen molar-refractivity contribution in [3.63, 3.8) is 0 Å². The summed E-state index contributed by atoms with van der Waals surface area (Å²) in [6.45, 7) is 2.72. The van der Waals surface area contributed by atoms with Crippen molar-refractivity contribution in [2.75, 3.05) is 29.6 Å². The van der Waals surface area contributed by atoms with E-state index in [-0.39, 0.29) is 0 Å². The molecule has 0 bridgehead atoms. The molecule has 6 rings (SSSR count). The minimum atomic E-state index is 0.489. The number of hydrogen-bond donors (Lipinski definition) is 1. The monoisotopic (exact) mass is 407 g/mol. The van der Waals surface area contributed by atoms with Crippen molar-refractivity contribution in [1.29, 1.82) is 0 Å². The van der Waals surface area contributed by atoms with E-state index in [4.69, 9.17) is 9.98 Å². The zero-order valence-corrected chi connectivity index (χ0v) is 17.4. The summed E-state index contributed by atoms with van der Waals surface area (Å²) in [4.78, 5) is 18.2. The molecule has 2 aliphatic heterocycles.